The number of carbonyl (C=O) groups is 1. The van der Waals surface area contributed by atoms with Gasteiger partial charge in [0, 0.05) is 12.6 Å². The molecule has 0 fully saturated rings. The van der Waals surface area contributed by atoms with Gasteiger partial charge in [0.05, 0.1) is 6.42 Å². The van der Waals surface area contributed by atoms with Gasteiger partial charge in [-0.1, -0.05) is 19.1 Å². The first-order valence-corrected chi connectivity index (χ1v) is 6.60. The first kappa shape index (κ1) is 15.5. The highest BCUT2D eigenvalue weighted by atomic mass is 16.4. The first-order valence-electron chi connectivity index (χ1n) is 6.60. The smallest absolute Gasteiger partial charge is 0.304 e. The fourth-order valence-corrected chi connectivity index (χ4v) is 2.33. The van der Waals surface area contributed by atoms with Crippen molar-refractivity contribution in [2.75, 3.05) is 6.54 Å². The quantitative estimate of drug-likeness (QED) is 0.830. The molecule has 0 amide bonds. The van der Waals surface area contributed by atoms with Crippen LogP contribution in [0.15, 0.2) is 12.1 Å². The average Bonchev–Trinajstić information content (AvgIpc) is 2.31. The number of benzene rings is 1. The van der Waals surface area contributed by atoms with Gasteiger partial charge >= 0.3 is 5.97 Å². The van der Waals surface area contributed by atoms with Gasteiger partial charge in [-0.25, -0.2) is 0 Å². The second kappa shape index (κ2) is 6.57. The van der Waals surface area contributed by atoms with E-state index in [4.69, 9.17) is 5.11 Å². The van der Waals surface area contributed by atoms with Gasteiger partial charge in [0.1, 0.15) is 5.75 Å². The summed E-state index contributed by atoms with van der Waals surface area (Å²) in [6.45, 7) is 9.21. The Hall–Kier alpha value is -1.55. The highest BCUT2D eigenvalue weighted by molar-refractivity contribution is 5.67. The lowest BCUT2D eigenvalue weighted by Gasteiger charge is -2.27. The number of aromatic hydroxyl groups is 1. The number of phenolic OH excluding ortho intramolecular Hbond substituents is 1. The molecule has 106 valence electrons. The normalized spacial score (nSPS) is 12.7. The van der Waals surface area contributed by atoms with E-state index in [9.17, 15) is 9.90 Å². The Morgan fingerprint density at radius 3 is 2.26 bits per heavy atom. The summed E-state index contributed by atoms with van der Waals surface area (Å²) >= 11 is 0. The van der Waals surface area contributed by atoms with E-state index in [1.54, 1.807) is 0 Å². The van der Waals surface area contributed by atoms with E-state index in [2.05, 4.69) is 4.90 Å². The van der Waals surface area contributed by atoms with Gasteiger partial charge in [-0.05, 0) is 44.0 Å². The van der Waals surface area contributed by atoms with Crippen molar-refractivity contribution in [1.82, 2.24) is 4.90 Å². The second-order valence-corrected chi connectivity index (χ2v) is 5.09. The van der Waals surface area contributed by atoms with Gasteiger partial charge < -0.3 is 10.2 Å². The molecule has 0 saturated carbocycles. The van der Waals surface area contributed by atoms with Crippen LogP contribution >= 0.6 is 0 Å². The van der Waals surface area contributed by atoms with E-state index < -0.39 is 5.97 Å². The molecule has 1 atom stereocenters. The van der Waals surface area contributed by atoms with E-state index in [0.717, 1.165) is 23.2 Å². The Bertz CT molecular complexity index is 434. The van der Waals surface area contributed by atoms with Gasteiger partial charge in [0.25, 0.3) is 0 Å². The molecule has 0 aliphatic heterocycles. The summed E-state index contributed by atoms with van der Waals surface area (Å²) in [6, 6.07) is 3.91. The maximum absolute atomic E-state index is 10.8. The van der Waals surface area contributed by atoms with Crippen molar-refractivity contribution >= 4 is 5.97 Å². The van der Waals surface area contributed by atoms with Crippen LogP contribution in [0.2, 0.25) is 0 Å². The number of hydrogen-bond acceptors (Lipinski definition) is 3. The second-order valence-electron chi connectivity index (χ2n) is 5.09. The van der Waals surface area contributed by atoms with Crippen molar-refractivity contribution in [3.8, 4) is 5.75 Å². The number of aryl methyl sites for hydroxylation is 2. The Morgan fingerprint density at radius 1 is 1.32 bits per heavy atom. The largest absolute Gasteiger partial charge is 0.507 e. The standard InChI is InChI=1S/C15H23NO3/c1-5-16(12(4)8-14(17)18)9-13-6-10(2)15(19)11(3)7-13/h6-7,12,19H,5,8-9H2,1-4H3,(H,17,18). The molecule has 0 aliphatic carbocycles. The van der Waals surface area contributed by atoms with Gasteiger partial charge in [-0.3, -0.25) is 9.69 Å². The van der Waals surface area contributed by atoms with Gasteiger partial charge in [-0.2, -0.15) is 0 Å². The Balaban J connectivity index is 2.84. The summed E-state index contributed by atoms with van der Waals surface area (Å²) in [4.78, 5) is 12.9. The monoisotopic (exact) mass is 265 g/mol. The predicted molar refractivity (Wildman–Crippen MR) is 75.4 cm³/mol. The van der Waals surface area contributed by atoms with Crippen molar-refractivity contribution in [3.63, 3.8) is 0 Å². The number of rotatable bonds is 6. The Morgan fingerprint density at radius 2 is 1.84 bits per heavy atom. The summed E-state index contributed by atoms with van der Waals surface area (Å²) in [6.07, 6.45) is 0.143. The molecule has 0 radical (unpaired) electrons. The highest BCUT2D eigenvalue weighted by Gasteiger charge is 2.16. The molecular weight excluding hydrogens is 242 g/mol. The molecule has 0 aromatic heterocycles. The molecular formula is C15H23NO3. The van der Waals surface area contributed by atoms with Crippen molar-refractivity contribution in [1.29, 1.82) is 0 Å². The first-order chi connectivity index (χ1) is 8.85. The third kappa shape index (κ3) is 4.24. The molecule has 4 nitrogen and oxygen atoms in total. The topological polar surface area (TPSA) is 60.8 Å². The molecule has 0 saturated heterocycles. The predicted octanol–water partition coefficient (Wildman–Crippen LogP) is 2.69. The fraction of sp³-hybridized carbons (Fsp3) is 0.533. The van der Waals surface area contributed by atoms with Gasteiger partial charge in [0.15, 0.2) is 0 Å². The van der Waals surface area contributed by atoms with E-state index in [1.807, 2.05) is 39.8 Å². The molecule has 1 aromatic rings. The van der Waals surface area contributed by atoms with Crippen molar-refractivity contribution in [2.45, 2.75) is 46.7 Å². The van der Waals surface area contributed by atoms with Crippen LogP contribution in [0, 0.1) is 13.8 Å². The lowest BCUT2D eigenvalue weighted by Crippen LogP contribution is -2.34. The molecule has 19 heavy (non-hydrogen) atoms. The SMILES string of the molecule is CCN(Cc1cc(C)c(O)c(C)c1)C(C)CC(=O)O. The van der Waals surface area contributed by atoms with Crippen LogP contribution in [-0.4, -0.2) is 33.7 Å². The van der Waals surface area contributed by atoms with E-state index in [1.165, 1.54) is 0 Å². The van der Waals surface area contributed by atoms with E-state index in [0.29, 0.717) is 12.3 Å². The number of carboxylic acid groups (broad SMARTS) is 1. The molecule has 1 aromatic carbocycles. The molecule has 0 spiro atoms. The fourth-order valence-electron chi connectivity index (χ4n) is 2.33. The average molecular weight is 265 g/mol. The van der Waals surface area contributed by atoms with Crippen LogP contribution in [0.25, 0.3) is 0 Å². The lowest BCUT2D eigenvalue weighted by atomic mass is 10.0. The number of phenols is 1. The summed E-state index contributed by atoms with van der Waals surface area (Å²) in [5.41, 5.74) is 2.82. The minimum Gasteiger partial charge on any atom is -0.507 e. The number of hydrogen-bond donors (Lipinski definition) is 2. The highest BCUT2D eigenvalue weighted by Crippen LogP contribution is 2.24. The minimum atomic E-state index is -0.774. The van der Waals surface area contributed by atoms with Gasteiger partial charge in [-0.15, -0.1) is 0 Å². The van der Waals surface area contributed by atoms with Crippen molar-refractivity contribution in [3.05, 3.63) is 28.8 Å². The maximum Gasteiger partial charge on any atom is 0.304 e. The van der Waals surface area contributed by atoms with Crippen LogP contribution in [0.1, 0.15) is 37.0 Å². The van der Waals surface area contributed by atoms with Crippen molar-refractivity contribution in [2.24, 2.45) is 0 Å². The number of aliphatic carboxylic acids is 1. The third-order valence-corrected chi connectivity index (χ3v) is 3.44. The summed E-state index contributed by atoms with van der Waals surface area (Å²) in [5, 5.41) is 18.6. The summed E-state index contributed by atoms with van der Waals surface area (Å²) in [5.74, 6) is -0.436. The molecule has 2 N–H and O–H groups in total. The minimum absolute atomic E-state index is 0.00286. The zero-order valence-corrected chi connectivity index (χ0v) is 12.1. The molecule has 1 unspecified atom stereocenters. The molecule has 1 rings (SSSR count). The molecule has 0 aliphatic rings. The zero-order valence-electron chi connectivity index (χ0n) is 12.1. The molecule has 0 heterocycles. The summed E-state index contributed by atoms with van der Waals surface area (Å²) < 4.78 is 0. The zero-order chi connectivity index (χ0) is 14.6. The van der Waals surface area contributed by atoms with Crippen LogP contribution in [0.3, 0.4) is 0 Å². The van der Waals surface area contributed by atoms with Crippen LogP contribution in [0.5, 0.6) is 5.75 Å². The van der Waals surface area contributed by atoms with E-state index in [-0.39, 0.29) is 12.5 Å². The van der Waals surface area contributed by atoms with Crippen LogP contribution in [0.4, 0.5) is 0 Å². The third-order valence-electron chi connectivity index (χ3n) is 3.44. The van der Waals surface area contributed by atoms with Crippen molar-refractivity contribution < 1.29 is 15.0 Å². The number of nitrogens with zero attached hydrogens (tertiary/aromatic N) is 1. The lowest BCUT2D eigenvalue weighted by molar-refractivity contribution is -0.138. The summed E-state index contributed by atoms with van der Waals surface area (Å²) in [7, 11) is 0. The number of carboxylic acids is 1. The maximum atomic E-state index is 10.8. The molecule has 0 bridgehead atoms. The Labute approximate surface area is 114 Å². The molecule has 4 heteroatoms. The Kier molecular flexibility index (Phi) is 5.36. The van der Waals surface area contributed by atoms with Crippen LogP contribution in [-0.2, 0) is 11.3 Å². The van der Waals surface area contributed by atoms with E-state index >= 15 is 0 Å². The van der Waals surface area contributed by atoms with Gasteiger partial charge in [0.2, 0.25) is 0 Å². The van der Waals surface area contributed by atoms with Crippen LogP contribution < -0.4 is 0 Å².